The smallest absolute Gasteiger partial charge is 0.335 e. The van der Waals surface area contributed by atoms with E-state index in [2.05, 4.69) is 0 Å². The highest BCUT2D eigenvalue weighted by atomic mass is 32.2. The molecule has 0 bridgehead atoms. The van der Waals surface area contributed by atoms with E-state index in [-0.39, 0.29) is 32.1 Å². The lowest BCUT2D eigenvalue weighted by Crippen LogP contribution is -2.50. The lowest BCUT2D eigenvalue weighted by Gasteiger charge is -2.33. The molecule has 2 aromatic carbocycles. The summed E-state index contributed by atoms with van der Waals surface area (Å²) in [5.74, 6) is -0.762. The summed E-state index contributed by atoms with van der Waals surface area (Å²) in [5.41, 5.74) is -1.04. The van der Waals surface area contributed by atoms with Crippen LogP contribution in [-0.4, -0.2) is 49.7 Å². The van der Waals surface area contributed by atoms with Crippen LogP contribution < -0.4 is 0 Å². The number of carbonyl (C=O) groups is 1. The van der Waals surface area contributed by atoms with Crippen LogP contribution in [0.1, 0.15) is 15.2 Å². The molecule has 1 fully saturated rings. The lowest BCUT2D eigenvalue weighted by molar-refractivity contribution is -0.137. The van der Waals surface area contributed by atoms with Gasteiger partial charge in [-0.1, -0.05) is 12.1 Å². The molecular formula is C20H16F4N2O3S2. The summed E-state index contributed by atoms with van der Waals surface area (Å²) < 4.78 is 79.9. The lowest BCUT2D eigenvalue weighted by atomic mass is 10.2. The van der Waals surface area contributed by atoms with Crippen molar-refractivity contribution in [1.82, 2.24) is 9.21 Å². The number of hydrogen-bond donors (Lipinski definition) is 0. The number of benzene rings is 2. The third kappa shape index (κ3) is 4.17. The van der Waals surface area contributed by atoms with Gasteiger partial charge in [0.15, 0.2) is 0 Å². The van der Waals surface area contributed by atoms with Crippen LogP contribution in [0.3, 0.4) is 0 Å². The maximum Gasteiger partial charge on any atom is 0.416 e. The number of carbonyl (C=O) groups excluding carboxylic acids is 1. The van der Waals surface area contributed by atoms with Crippen LogP contribution in [0.15, 0.2) is 53.4 Å². The second-order valence-electron chi connectivity index (χ2n) is 6.98. The Morgan fingerprint density at radius 3 is 2.29 bits per heavy atom. The Bertz CT molecular complexity index is 1250. The molecule has 0 spiro atoms. The molecule has 31 heavy (non-hydrogen) atoms. The average molecular weight is 472 g/mol. The average Bonchev–Trinajstić information content (AvgIpc) is 3.18. The first-order chi connectivity index (χ1) is 14.6. The van der Waals surface area contributed by atoms with Crippen molar-refractivity contribution < 1.29 is 30.8 Å². The van der Waals surface area contributed by atoms with Gasteiger partial charge in [0.25, 0.3) is 5.91 Å². The Hall–Kier alpha value is -2.50. The van der Waals surface area contributed by atoms with Crippen LogP contribution in [0.4, 0.5) is 17.6 Å². The SMILES string of the molecule is O=C(c1cc2c(F)cccc2s1)N1CCN(S(=O)(=O)c2cccc(C(F)(F)F)c2)CC1. The van der Waals surface area contributed by atoms with Crippen molar-refractivity contribution >= 4 is 37.4 Å². The number of alkyl halides is 3. The number of amides is 1. The quantitative estimate of drug-likeness (QED) is 0.537. The molecule has 1 aliphatic heterocycles. The molecule has 2 heterocycles. The van der Waals surface area contributed by atoms with Crippen molar-refractivity contribution in [3.63, 3.8) is 0 Å². The van der Waals surface area contributed by atoms with Gasteiger partial charge in [-0.25, -0.2) is 12.8 Å². The topological polar surface area (TPSA) is 57.7 Å². The molecule has 4 rings (SSSR count). The van der Waals surface area contributed by atoms with Crippen molar-refractivity contribution in [3.8, 4) is 0 Å². The zero-order chi connectivity index (χ0) is 22.4. The number of piperazine rings is 1. The monoisotopic (exact) mass is 472 g/mol. The maximum atomic E-state index is 13.9. The number of nitrogens with zero attached hydrogens (tertiary/aromatic N) is 2. The van der Waals surface area contributed by atoms with E-state index in [1.807, 2.05) is 0 Å². The Morgan fingerprint density at radius 1 is 0.968 bits per heavy atom. The van der Waals surface area contributed by atoms with Gasteiger partial charge < -0.3 is 4.90 Å². The van der Waals surface area contributed by atoms with Crippen molar-refractivity contribution in [2.75, 3.05) is 26.2 Å². The molecule has 0 radical (unpaired) electrons. The summed E-state index contributed by atoms with van der Waals surface area (Å²) >= 11 is 1.15. The first-order valence-corrected chi connectivity index (χ1v) is 11.5. The van der Waals surface area contributed by atoms with Gasteiger partial charge in [0.1, 0.15) is 5.82 Å². The molecule has 1 saturated heterocycles. The molecule has 0 aliphatic carbocycles. The second kappa shape index (κ2) is 7.88. The first kappa shape index (κ1) is 21.7. The summed E-state index contributed by atoms with van der Waals surface area (Å²) in [6.07, 6.45) is -4.65. The molecule has 1 aromatic heterocycles. The number of sulfonamides is 1. The summed E-state index contributed by atoms with van der Waals surface area (Å²) in [7, 11) is -4.14. The van der Waals surface area contributed by atoms with E-state index in [1.54, 1.807) is 12.1 Å². The van der Waals surface area contributed by atoms with Crippen LogP contribution in [0.2, 0.25) is 0 Å². The molecular weight excluding hydrogens is 456 g/mol. The molecule has 0 atom stereocenters. The third-order valence-electron chi connectivity index (χ3n) is 5.04. The van der Waals surface area contributed by atoms with Gasteiger partial charge in [-0.2, -0.15) is 17.5 Å². The minimum atomic E-state index is -4.65. The van der Waals surface area contributed by atoms with Crippen LogP contribution >= 0.6 is 11.3 Å². The van der Waals surface area contributed by atoms with Crippen LogP contribution in [0, 0.1) is 5.82 Å². The van der Waals surface area contributed by atoms with E-state index in [4.69, 9.17) is 0 Å². The van der Waals surface area contributed by atoms with E-state index >= 15 is 0 Å². The zero-order valence-corrected chi connectivity index (χ0v) is 17.5. The van der Waals surface area contributed by atoms with Crippen molar-refractivity contribution in [1.29, 1.82) is 0 Å². The largest absolute Gasteiger partial charge is 0.416 e. The number of halogens is 4. The normalized spacial score (nSPS) is 16.1. The van der Waals surface area contributed by atoms with E-state index < -0.39 is 32.5 Å². The summed E-state index contributed by atoms with van der Waals surface area (Å²) in [5, 5.41) is 0.349. The second-order valence-corrected chi connectivity index (χ2v) is 10.0. The molecule has 164 valence electrons. The minimum Gasteiger partial charge on any atom is -0.335 e. The molecule has 5 nitrogen and oxygen atoms in total. The van der Waals surface area contributed by atoms with E-state index in [9.17, 15) is 30.8 Å². The van der Waals surface area contributed by atoms with Gasteiger partial charge in [0.05, 0.1) is 15.3 Å². The van der Waals surface area contributed by atoms with Crippen molar-refractivity contribution in [3.05, 3.63) is 64.8 Å². The number of fused-ring (bicyclic) bond motifs is 1. The number of thiophene rings is 1. The zero-order valence-electron chi connectivity index (χ0n) is 15.9. The Balaban J connectivity index is 1.49. The highest BCUT2D eigenvalue weighted by Crippen LogP contribution is 2.32. The van der Waals surface area contributed by atoms with Crippen molar-refractivity contribution in [2.24, 2.45) is 0 Å². The predicted octanol–water partition coefficient (Wildman–Crippen LogP) is 4.21. The van der Waals surface area contributed by atoms with Gasteiger partial charge in [0.2, 0.25) is 10.0 Å². The predicted molar refractivity (Wildman–Crippen MR) is 108 cm³/mol. The number of rotatable bonds is 3. The Morgan fingerprint density at radius 2 is 1.65 bits per heavy atom. The molecule has 3 aromatic rings. The van der Waals surface area contributed by atoms with E-state index in [0.29, 0.717) is 21.0 Å². The highest BCUT2D eigenvalue weighted by Gasteiger charge is 2.34. The van der Waals surface area contributed by atoms with Gasteiger partial charge in [-0.15, -0.1) is 11.3 Å². The van der Waals surface area contributed by atoms with Crippen LogP contribution in [-0.2, 0) is 16.2 Å². The van der Waals surface area contributed by atoms with E-state index in [0.717, 1.165) is 33.8 Å². The third-order valence-corrected chi connectivity index (χ3v) is 8.03. The highest BCUT2D eigenvalue weighted by molar-refractivity contribution is 7.89. The molecule has 0 saturated carbocycles. The fraction of sp³-hybridized carbons (Fsp3) is 0.250. The molecule has 0 N–H and O–H groups in total. The van der Waals surface area contributed by atoms with Crippen LogP contribution in [0.25, 0.3) is 10.1 Å². The summed E-state index contributed by atoms with van der Waals surface area (Å²) in [6.45, 7) is 0.0503. The Labute approximate surface area is 179 Å². The number of hydrogen-bond acceptors (Lipinski definition) is 4. The van der Waals surface area contributed by atoms with E-state index in [1.165, 1.54) is 17.0 Å². The fourth-order valence-electron chi connectivity index (χ4n) is 3.40. The molecule has 1 amide bonds. The fourth-order valence-corrected chi connectivity index (χ4v) is 5.91. The Kier molecular flexibility index (Phi) is 5.52. The summed E-state index contributed by atoms with van der Waals surface area (Å²) in [4.78, 5) is 14.1. The molecule has 1 aliphatic rings. The van der Waals surface area contributed by atoms with Gasteiger partial charge in [-0.3, -0.25) is 4.79 Å². The van der Waals surface area contributed by atoms with Crippen LogP contribution in [0.5, 0.6) is 0 Å². The van der Waals surface area contributed by atoms with Gasteiger partial charge in [-0.05, 0) is 36.4 Å². The standard InChI is InChI=1S/C20H16F4N2O3S2/c21-16-5-2-6-17-15(16)12-18(30-17)19(27)25-7-9-26(10-8-25)31(28,29)14-4-1-3-13(11-14)20(22,23)24/h1-6,11-12H,7-10H2. The van der Waals surface area contributed by atoms with Crippen molar-refractivity contribution in [2.45, 2.75) is 11.1 Å². The maximum absolute atomic E-state index is 13.9. The minimum absolute atomic E-state index is 0.0520. The first-order valence-electron chi connectivity index (χ1n) is 9.22. The molecule has 11 heteroatoms. The van der Waals surface area contributed by atoms with Gasteiger partial charge >= 0.3 is 6.18 Å². The summed E-state index contributed by atoms with van der Waals surface area (Å²) in [6, 6.07) is 9.63. The molecule has 0 unspecified atom stereocenters. The van der Waals surface area contributed by atoms with Gasteiger partial charge in [0, 0.05) is 36.3 Å².